The van der Waals surface area contributed by atoms with Crippen molar-refractivity contribution in [2.75, 3.05) is 6.61 Å². The maximum atomic E-state index is 11.9. The molecule has 0 aromatic heterocycles. The van der Waals surface area contributed by atoms with Crippen molar-refractivity contribution in [1.29, 1.82) is 0 Å². The Bertz CT molecular complexity index is 654. The minimum absolute atomic E-state index is 0.399. The zero-order valence-corrected chi connectivity index (χ0v) is 12.7. The molecule has 2 aromatic rings. The van der Waals surface area contributed by atoms with Gasteiger partial charge in [0.1, 0.15) is 5.75 Å². The normalized spacial score (nSPS) is 9.91. The monoisotopic (exact) mass is 318 g/mol. The number of carbonyl (C=O) groups excluding carboxylic acids is 2. The predicted octanol–water partition coefficient (Wildman–Crippen LogP) is 2.81. The summed E-state index contributed by atoms with van der Waals surface area (Å²) in [6.07, 6.45) is 0. The first-order chi connectivity index (χ1) is 10.6. The van der Waals surface area contributed by atoms with Gasteiger partial charge in [-0.05, 0) is 55.5 Å². The lowest BCUT2D eigenvalue weighted by Gasteiger charge is -2.08. The van der Waals surface area contributed by atoms with Crippen molar-refractivity contribution in [2.45, 2.75) is 6.92 Å². The molecule has 0 spiro atoms. The van der Waals surface area contributed by atoms with Crippen molar-refractivity contribution < 1.29 is 14.3 Å². The van der Waals surface area contributed by atoms with E-state index >= 15 is 0 Å². The molecule has 114 valence electrons. The molecule has 0 heterocycles. The predicted molar refractivity (Wildman–Crippen MR) is 84.0 cm³/mol. The van der Waals surface area contributed by atoms with Gasteiger partial charge in [0, 0.05) is 16.1 Å². The Kier molecular flexibility index (Phi) is 5.38. The number of halogens is 1. The zero-order valence-electron chi connectivity index (χ0n) is 11.9. The van der Waals surface area contributed by atoms with Crippen LogP contribution in [0.5, 0.6) is 5.75 Å². The maximum absolute atomic E-state index is 11.9. The summed E-state index contributed by atoms with van der Waals surface area (Å²) in [6, 6.07) is 13.0. The van der Waals surface area contributed by atoms with Crippen molar-refractivity contribution in [3.63, 3.8) is 0 Å². The topological polar surface area (TPSA) is 67.4 Å². The summed E-state index contributed by atoms with van der Waals surface area (Å²) in [5.41, 5.74) is 5.51. The molecule has 2 aromatic carbocycles. The highest BCUT2D eigenvalue weighted by Crippen LogP contribution is 2.12. The minimum atomic E-state index is -0.420. The van der Waals surface area contributed by atoms with Crippen LogP contribution in [0.2, 0.25) is 5.02 Å². The summed E-state index contributed by atoms with van der Waals surface area (Å²) in [5.74, 6) is -0.148. The average molecular weight is 319 g/mol. The molecule has 6 heteroatoms. The number of hydrogen-bond acceptors (Lipinski definition) is 3. The standard InChI is InChI=1S/C16H15ClN2O3/c1-2-22-14-9-5-12(6-10-14)16(21)19-18-15(20)11-3-7-13(17)8-4-11/h3-10H,2H2,1H3,(H,18,20)(H,19,21). The largest absolute Gasteiger partial charge is 0.494 e. The van der Waals surface area contributed by atoms with Crippen LogP contribution in [0, 0.1) is 0 Å². The van der Waals surface area contributed by atoms with Crippen molar-refractivity contribution in [2.24, 2.45) is 0 Å². The lowest BCUT2D eigenvalue weighted by molar-refractivity contribution is 0.0846. The fraction of sp³-hybridized carbons (Fsp3) is 0.125. The lowest BCUT2D eigenvalue weighted by atomic mass is 10.2. The second kappa shape index (κ2) is 7.47. The van der Waals surface area contributed by atoms with Crippen LogP contribution in [0.4, 0.5) is 0 Å². The van der Waals surface area contributed by atoms with Gasteiger partial charge in [0.05, 0.1) is 6.61 Å². The smallest absolute Gasteiger partial charge is 0.269 e. The molecule has 0 saturated heterocycles. The number of benzene rings is 2. The molecule has 0 atom stereocenters. The Morgan fingerprint density at radius 1 is 0.909 bits per heavy atom. The molecule has 0 bridgehead atoms. The van der Waals surface area contributed by atoms with E-state index in [9.17, 15) is 9.59 Å². The third-order valence-corrected chi connectivity index (χ3v) is 3.08. The highest BCUT2D eigenvalue weighted by Gasteiger charge is 2.09. The van der Waals surface area contributed by atoms with Crippen LogP contribution in [0.1, 0.15) is 27.6 Å². The van der Waals surface area contributed by atoms with Gasteiger partial charge in [-0.25, -0.2) is 0 Å². The summed E-state index contributed by atoms with van der Waals surface area (Å²) in [6.45, 7) is 2.44. The zero-order chi connectivity index (χ0) is 15.9. The molecule has 2 N–H and O–H groups in total. The van der Waals surface area contributed by atoms with Gasteiger partial charge in [-0.2, -0.15) is 0 Å². The van der Waals surface area contributed by atoms with E-state index in [1.54, 1.807) is 48.5 Å². The first-order valence-electron chi connectivity index (χ1n) is 6.69. The van der Waals surface area contributed by atoms with Gasteiger partial charge in [0.25, 0.3) is 11.8 Å². The Balaban J connectivity index is 1.91. The van der Waals surface area contributed by atoms with Crippen molar-refractivity contribution >= 4 is 23.4 Å². The number of carbonyl (C=O) groups is 2. The van der Waals surface area contributed by atoms with Gasteiger partial charge in [-0.1, -0.05) is 11.6 Å². The highest BCUT2D eigenvalue weighted by molar-refractivity contribution is 6.30. The van der Waals surface area contributed by atoms with Gasteiger partial charge >= 0.3 is 0 Å². The Hall–Kier alpha value is -2.53. The molecule has 22 heavy (non-hydrogen) atoms. The fourth-order valence-corrected chi connectivity index (χ4v) is 1.85. The van der Waals surface area contributed by atoms with Crippen LogP contribution in [0.25, 0.3) is 0 Å². The molecule has 0 aliphatic carbocycles. The van der Waals surface area contributed by atoms with E-state index in [1.165, 1.54) is 0 Å². The summed E-state index contributed by atoms with van der Waals surface area (Å²) in [5, 5.41) is 0.537. The van der Waals surface area contributed by atoms with E-state index in [2.05, 4.69) is 10.9 Å². The van der Waals surface area contributed by atoms with Crippen LogP contribution < -0.4 is 15.6 Å². The van der Waals surface area contributed by atoms with Gasteiger partial charge in [-0.15, -0.1) is 0 Å². The molecule has 0 saturated carbocycles. The number of nitrogens with one attached hydrogen (secondary N) is 2. The van der Waals surface area contributed by atoms with Gasteiger partial charge in [-0.3, -0.25) is 20.4 Å². The fourth-order valence-electron chi connectivity index (χ4n) is 1.73. The number of amides is 2. The molecule has 2 amide bonds. The molecule has 0 aliphatic heterocycles. The van der Waals surface area contributed by atoms with E-state index in [4.69, 9.17) is 16.3 Å². The third kappa shape index (κ3) is 4.23. The van der Waals surface area contributed by atoms with Crippen molar-refractivity contribution in [3.05, 3.63) is 64.7 Å². The van der Waals surface area contributed by atoms with Crippen LogP contribution in [0.3, 0.4) is 0 Å². The van der Waals surface area contributed by atoms with Gasteiger partial charge in [0.2, 0.25) is 0 Å². The second-order valence-electron chi connectivity index (χ2n) is 4.37. The van der Waals surface area contributed by atoms with Gasteiger partial charge < -0.3 is 4.74 Å². The summed E-state index contributed by atoms with van der Waals surface area (Å²) >= 11 is 5.75. The Morgan fingerprint density at radius 3 is 1.82 bits per heavy atom. The maximum Gasteiger partial charge on any atom is 0.269 e. The van der Waals surface area contributed by atoms with Crippen LogP contribution in [0.15, 0.2) is 48.5 Å². The molecule has 0 aliphatic rings. The molecule has 0 radical (unpaired) electrons. The first-order valence-corrected chi connectivity index (χ1v) is 7.07. The van der Waals surface area contributed by atoms with Crippen molar-refractivity contribution in [3.8, 4) is 5.75 Å². The summed E-state index contributed by atoms with van der Waals surface area (Å²) in [7, 11) is 0. The number of hydrazine groups is 1. The van der Waals surface area contributed by atoms with Crippen LogP contribution in [-0.2, 0) is 0 Å². The minimum Gasteiger partial charge on any atom is -0.494 e. The molecule has 0 unspecified atom stereocenters. The Morgan fingerprint density at radius 2 is 1.36 bits per heavy atom. The van der Waals surface area contributed by atoms with E-state index < -0.39 is 11.8 Å². The molecule has 0 fully saturated rings. The highest BCUT2D eigenvalue weighted by atomic mass is 35.5. The van der Waals surface area contributed by atoms with Crippen LogP contribution >= 0.6 is 11.6 Å². The van der Waals surface area contributed by atoms with E-state index in [0.29, 0.717) is 28.5 Å². The van der Waals surface area contributed by atoms with E-state index in [-0.39, 0.29) is 0 Å². The third-order valence-electron chi connectivity index (χ3n) is 2.82. The van der Waals surface area contributed by atoms with Crippen LogP contribution in [-0.4, -0.2) is 18.4 Å². The average Bonchev–Trinajstić information content (AvgIpc) is 2.54. The van der Waals surface area contributed by atoms with E-state index in [0.717, 1.165) is 0 Å². The first kappa shape index (κ1) is 15.9. The molecular weight excluding hydrogens is 304 g/mol. The van der Waals surface area contributed by atoms with Crippen molar-refractivity contribution in [1.82, 2.24) is 10.9 Å². The number of rotatable bonds is 4. The number of hydrogen-bond donors (Lipinski definition) is 2. The van der Waals surface area contributed by atoms with Gasteiger partial charge in [0.15, 0.2) is 0 Å². The Labute approximate surface area is 133 Å². The quantitative estimate of drug-likeness (QED) is 0.852. The summed E-state index contributed by atoms with van der Waals surface area (Å²) < 4.78 is 5.29. The van der Waals surface area contributed by atoms with E-state index in [1.807, 2.05) is 6.92 Å². The second-order valence-corrected chi connectivity index (χ2v) is 4.81. The SMILES string of the molecule is CCOc1ccc(C(=O)NNC(=O)c2ccc(Cl)cc2)cc1. The molecular formula is C16H15ClN2O3. The lowest BCUT2D eigenvalue weighted by Crippen LogP contribution is -2.41. The molecule has 2 rings (SSSR count). The molecule has 5 nitrogen and oxygen atoms in total. The number of ether oxygens (including phenoxy) is 1. The summed E-state index contributed by atoms with van der Waals surface area (Å²) in [4.78, 5) is 23.8.